The van der Waals surface area contributed by atoms with Gasteiger partial charge in [0.1, 0.15) is 18.1 Å². The summed E-state index contributed by atoms with van der Waals surface area (Å²) in [5.41, 5.74) is 21.2. The summed E-state index contributed by atoms with van der Waals surface area (Å²) in [4.78, 5) is 74.1. The molecule has 0 aliphatic carbocycles. The van der Waals surface area contributed by atoms with Gasteiger partial charge in [0, 0.05) is 19.4 Å². The highest BCUT2D eigenvalue weighted by molar-refractivity contribution is 5.94. The number of nitrogens with two attached hydrogens (primary N) is 4. The van der Waals surface area contributed by atoms with Gasteiger partial charge in [-0.15, -0.1) is 0 Å². The van der Waals surface area contributed by atoms with E-state index >= 15 is 0 Å². The molecule has 0 radical (unpaired) electrons. The highest BCUT2D eigenvalue weighted by Gasteiger charge is 2.29. The zero-order valence-corrected chi connectivity index (χ0v) is 19.4. The Kier molecular flexibility index (Phi) is 14.0. The number of aliphatic carboxylic acids is 2. The maximum Gasteiger partial charge on any atom is 0.326 e. The van der Waals surface area contributed by atoms with Crippen LogP contribution in [0.3, 0.4) is 0 Å². The molecular formula is C19H34N8O8. The van der Waals surface area contributed by atoms with Crippen molar-refractivity contribution in [1.82, 2.24) is 16.0 Å². The molecule has 4 unspecified atom stereocenters. The second kappa shape index (κ2) is 15.8. The molecule has 198 valence electrons. The first-order valence-electron chi connectivity index (χ1n) is 10.7. The first kappa shape index (κ1) is 31.0. The normalized spacial score (nSPS) is 13.9. The topological polar surface area (TPSA) is 295 Å². The molecule has 0 fully saturated rings. The number of nitrogens with one attached hydrogen (secondary N) is 3. The van der Waals surface area contributed by atoms with E-state index in [0.717, 1.165) is 0 Å². The molecule has 16 heteroatoms. The molecular weight excluding hydrogens is 468 g/mol. The van der Waals surface area contributed by atoms with Crippen LogP contribution in [0.25, 0.3) is 0 Å². The lowest BCUT2D eigenvalue weighted by Crippen LogP contribution is -2.56. The minimum atomic E-state index is -1.50. The van der Waals surface area contributed by atoms with Crippen LogP contribution < -0.4 is 38.9 Å². The van der Waals surface area contributed by atoms with E-state index in [1.807, 2.05) is 0 Å². The fourth-order valence-electron chi connectivity index (χ4n) is 2.68. The van der Waals surface area contributed by atoms with E-state index in [4.69, 9.17) is 28.0 Å². The van der Waals surface area contributed by atoms with Crippen LogP contribution >= 0.6 is 0 Å². The molecule has 0 saturated heterocycles. The Labute approximate surface area is 201 Å². The average Bonchev–Trinajstić information content (AvgIpc) is 2.75. The van der Waals surface area contributed by atoms with Gasteiger partial charge in [-0.3, -0.25) is 29.0 Å². The summed E-state index contributed by atoms with van der Waals surface area (Å²) in [6.07, 6.45) is -0.809. The molecule has 0 heterocycles. The van der Waals surface area contributed by atoms with Gasteiger partial charge in [0.05, 0.1) is 6.04 Å². The van der Waals surface area contributed by atoms with Crippen molar-refractivity contribution >= 4 is 41.5 Å². The summed E-state index contributed by atoms with van der Waals surface area (Å²) in [5, 5.41) is 25.0. The van der Waals surface area contributed by atoms with E-state index in [1.165, 1.54) is 6.92 Å². The predicted octanol–water partition coefficient (Wildman–Crippen LogP) is -3.94. The summed E-state index contributed by atoms with van der Waals surface area (Å²) in [6.45, 7) is 1.44. The molecule has 0 aliphatic heterocycles. The van der Waals surface area contributed by atoms with Gasteiger partial charge in [0.2, 0.25) is 23.6 Å². The van der Waals surface area contributed by atoms with Gasteiger partial charge >= 0.3 is 11.9 Å². The third-order valence-electron chi connectivity index (χ3n) is 4.63. The number of hydrogen-bond donors (Lipinski definition) is 9. The van der Waals surface area contributed by atoms with Gasteiger partial charge in [-0.05, 0) is 32.6 Å². The van der Waals surface area contributed by atoms with Crippen LogP contribution in [0.1, 0.15) is 45.4 Å². The summed E-state index contributed by atoms with van der Waals surface area (Å²) in [5.74, 6) is -5.89. The van der Waals surface area contributed by atoms with Crippen LogP contribution in [0, 0.1) is 0 Å². The van der Waals surface area contributed by atoms with Crippen molar-refractivity contribution in [3.63, 3.8) is 0 Å². The maximum atomic E-state index is 12.7. The third-order valence-corrected chi connectivity index (χ3v) is 4.63. The molecule has 0 saturated carbocycles. The van der Waals surface area contributed by atoms with Crippen LogP contribution in [0.5, 0.6) is 0 Å². The number of aliphatic imine (C=N–C) groups is 1. The second-order valence-electron chi connectivity index (χ2n) is 7.68. The highest BCUT2D eigenvalue weighted by atomic mass is 16.4. The summed E-state index contributed by atoms with van der Waals surface area (Å²) >= 11 is 0. The smallest absolute Gasteiger partial charge is 0.326 e. The van der Waals surface area contributed by atoms with E-state index in [-0.39, 0.29) is 44.6 Å². The standard InChI is InChI=1S/C19H34N8O8/c1-9(25-16(32)10(20)4-6-13(21)28)15(31)26-11(3-2-8-24-19(22)23)17(33)27-12(18(34)35)5-7-14(29)30/h9-12H,2-8,20H2,1H3,(H2,21,28)(H,25,32)(H,26,31)(H,27,33)(H,29,30)(H,34,35)(H4,22,23,24). The number of carbonyl (C=O) groups excluding carboxylic acids is 4. The Bertz CT molecular complexity index is 815. The zero-order valence-electron chi connectivity index (χ0n) is 19.4. The molecule has 0 aromatic rings. The molecule has 4 amide bonds. The van der Waals surface area contributed by atoms with Crippen molar-refractivity contribution in [1.29, 1.82) is 0 Å². The summed E-state index contributed by atoms with van der Waals surface area (Å²) < 4.78 is 0. The number of rotatable bonds is 17. The molecule has 13 N–H and O–H groups in total. The van der Waals surface area contributed by atoms with Crippen LogP contribution in [0.15, 0.2) is 4.99 Å². The number of amides is 4. The monoisotopic (exact) mass is 502 g/mol. The molecule has 16 nitrogen and oxygen atoms in total. The number of nitrogens with zero attached hydrogens (tertiary/aromatic N) is 1. The average molecular weight is 503 g/mol. The quantitative estimate of drug-likeness (QED) is 0.0525. The molecule has 0 rings (SSSR count). The van der Waals surface area contributed by atoms with Gasteiger partial charge in [-0.2, -0.15) is 0 Å². The number of guanidine groups is 1. The maximum absolute atomic E-state index is 12.7. The van der Waals surface area contributed by atoms with E-state index < -0.39 is 66.2 Å². The molecule has 0 aliphatic rings. The van der Waals surface area contributed by atoms with E-state index in [0.29, 0.717) is 0 Å². The zero-order chi connectivity index (χ0) is 27.1. The van der Waals surface area contributed by atoms with E-state index in [2.05, 4.69) is 20.9 Å². The molecule has 4 atom stereocenters. The second-order valence-corrected chi connectivity index (χ2v) is 7.68. The Hall–Kier alpha value is -3.95. The number of carboxylic acids is 2. The van der Waals surface area contributed by atoms with Crippen LogP contribution in [-0.2, 0) is 28.8 Å². The van der Waals surface area contributed by atoms with Crippen molar-refractivity contribution in [2.45, 2.75) is 69.6 Å². The lowest BCUT2D eigenvalue weighted by molar-refractivity contribution is -0.143. The van der Waals surface area contributed by atoms with E-state index in [9.17, 15) is 33.9 Å². The fourth-order valence-corrected chi connectivity index (χ4v) is 2.68. The van der Waals surface area contributed by atoms with Crippen LogP contribution in [0.2, 0.25) is 0 Å². The predicted molar refractivity (Wildman–Crippen MR) is 122 cm³/mol. The number of carboxylic acid groups (broad SMARTS) is 2. The fraction of sp³-hybridized carbons (Fsp3) is 0.632. The SMILES string of the molecule is CC(NC(=O)C(N)CCC(N)=O)C(=O)NC(CCCN=C(N)N)C(=O)NC(CCC(=O)O)C(=O)O. The molecule has 0 spiro atoms. The summed E-state index contributed by atoms with van der Waals surface area (Å²) in [7, 11) is 0. The largest absolute Gasteiger partial charge is 0.481 e. The number of primary amides is 1. The number of carbonyl (C=O) groups is 6. The lowest BCUT2D eigenvalue weighted by atomic mass is 10.1. The van der Waals surface area contributed by atoms with Gasteiger partial charge in [0.15, 0.2) is 5.96 Å². The van der Waals surface area contributed by atoms with Crippen molar-refractivity contribution in [2.75, 3.05) is 6.54 Å². The molecule has 0 aromatic heterocycles. The molecule has 35 heavy (non-hydrogen) atoms. The van der Waals surface area contributed by atoms with Gasteiger partial charge in [0.25, 0.3) is 0 Å². The highest BCUT2D eigenvalue weighted by Crippen LogP contribution is 2.04. The Morgan fingerprint density at radius 3 is 1.91 bits per heavy atom. The van der Waals surface area contributed by atoms with Crippen molar-refractivity contribution < 1.29 is 39.0 Å². The lowest BCUT2D eigenvalue weighted by Gasteiger charge is -2.23. The van der Waals surface area contributed by atoms with Crippen LogP contribution in [-0.4, -0.2) is 82.5 Å². The minimum Gasteiger partial charge on any atom is -0.481 e. The third kappa shape index (κ3) is 14.0. The first-order chi connectivity index (χ1) is 16.2. The van der Waals surface area contributed by atoms with Crippen molar-refractivity contribution in [3.8, 4) is 0 Å². The van der Waals surface area contributed by atoms with Crippen LogP contribution in [0.4, 0.5) is 0 Å². The van der Waals surface area contributed by atoms with Crippen molar-refractivity contribution in [3.05, 3.63) is 0 Å². The Morgan fingerprint density at radius 2 is 1.40 bits per heavy atom. The van der Waals surface area contributed by atoms with E-state index in [1.54, 1.807) is 0 Å². The molecule has 0 aromatic carbocycles. The van der Waals surface area contributed by atoms with Crippen molar-refractivity contribution in [2.24, 2.45) is 27.9 Å². The first-order valence-corrected chi connectivity index (χ1v) is 10.7. The summed E-state index contributed by atoms with van der Waals surface area (Å²) in [6, 6.07) is -4.98. The number of hydrogen-bond acceptors (Lipinski definition) is 8. The Morgan fingerprint density at radius 1 is 0.800 bits per heavy atom. The molecule has 0 bridgehead atoms. The van der Waals surface area contributed by atoms with Gasteiger partial charge in [-0.1, -0.05) is 0 Å². The minimum absolute atomic E-state index is 0.00157. The Balaban J connectivity index is 5.25. The van der Waals surface area contributed by atoms with Gasteiger partial charge < -0.3 is 49.1 Å². The van der Waals surface area contributed by atoms with Gasteiger partial charge in [-0.25, -0.2) is 4.79 Å².